The number of ether oxygens (including phenoxy) is 1. The lowest BCUT2D eigenvalue weighted by Crippen LogP contribution is -2.49. The average molecular weight is 434 g/mol. The van der Waals surface area contributed by atoms with Crippen molar-refractivity contribution in [2.24, 2.45) is 0 Å². The summed E-state index contributed by atoms with van der Waals surface area (Å²) in [5, 5.41) is 15.3. The highest BCUT2D eigenvalue weighted by molar-refractivity contribution is 7.17. The number of fused-ring (bicyclic) bond motifs is 1. The van der Waals surface area contributed by atoms with E-state index in [1.54, 1.807) is 17.9 Å². The normalized spacial score (nSPS) is 16.2. The lowest BCUT2D eigenvalue weighted by Gasteiger charge is -2.38. The van der Waals surface area contributed by atoms with Gasteiger partial charge in [0.2, 0.25) is 10.8 Å². The Hall–Kier alpha value is -2.72. The number of carbonyl (C=O) groups excluding carboxylic acids is 1. The summed E-state index contributed by atoms with van der Waals surface area (Å²) in [6, 6.07) is 6.02. The van der Waals surface area contributed by atoms with Crippen LogP contribution in [-0.2, 0) is 11.2 Å². The van der Waals surface area contributed by atoms with Crippen LogP contribution in [0.15, 0.2) is 24.3 Å². The van der Waals surface area contributed by atoms with Crippen LogP contribution < -0.4 is 0 Å². The number of amides is 1. The largest absolute Gasteiger partial charge is 0.492 e. The van der Waals surface area contributed by atoms with E-state index >= 15 is 0 Å². The maximum Gasteiger partial charge on any atom is 0.409 e. The number of piperazine rings is 1. The van der Waals surface area contributed by atoms with Crippen LogP contribution in [0.5, 0.6) is 5.88 Å². The number of halogens is 1. The van der Waals surface area contributed by atoms with Gasteiger partial charge in [-0.1, -0.05) is 30.4 Å². The first kappa shape index (κ1) is 20.5. The van der Waals surface area contributed by atoms with Gasteiger partial charge in [-0.2, -0.15) is 4.52 Å². The zero-order valence-corrected chi connectivity index (χ0v) is 17.7. The van der Waals surface area contributed by atoms with Crippen molar-refractivity contribution < 1.29 is 19.0 Å². The second-order valence-corrected chi connectivity index (χ2v) is 8.05. The van der Waals surface area contributed by atoms with Crippen LogP contribution >= 0.6 is 11.3 Å². The summed E-state index contributed by atoms with van der Waals surface area (Å²) in [6.07, 6.45) is 0.347. The molecule has 160 valence electrons. The van der Waals surface area contributed by atoms with Crippen molar-refractivity contribution in [2.75, 3.05) is 32.8 Å². The number of rotatable bonds is 5. The van der Waals surface area contributed by atoms with Gasteiger partial charge in [0.25, 0.3) is 0 Å². The van der Waals surface area contributed by atoms with Gasteiger partial charge in [0.05, 0.1) is 17.5 Å². The van der Waals surface area contributed by atoms with Gasteiger partial charge in [0.1, 0.15) is 5.82 Å². The van der Waals surface area contributed by atoms with Crippen LogP contribution in [-0.4, -0.2) is 68.4 Å². The Morgan fingerprint density at radius 1 is 1.30 bits per heavy atom. The number of thiazole rings is 1. The van der Waals surface area contributed by atoms with Gasteiger partial charge < -0.3 is 14.7 Å². The number of aromatic nitrogens is 3. The molecule has 1 aliphatic heterocycles. The molecule has 1 aromatic carbocycles. The van der Waals surface area contributed by atoms with E-state index in [9.17, 15) is 14.3 Å². The standard InChI is InChI=1S/C20H24FN5O3S/c1-3-15-22-19-26(23-15)18(27)17(30-19)16(13-6-5-7-14(21)12-13)24-8-10-25(11-9-24)20(28)29-4-2/h5-7,12,16,27H,3-4,8-11H2,1-2H3/t16-/m0/s1. The molecule has 4 rings (SSSR count). The van der Waals surface area contributed by atoms with Gasteiger partial charge in [-0.05, 0) is 24.6 Å². The molecule has 0 aliphatic carbocycles. The van der Waals surface area contributed by atoms with Crippen molar-refractivity contribution in [1.82, 2.24) is 24.4 Å². The fourth-order valence-electron chi connectivity index (χ4n) is 3.70. The molecule has 2 aromatic heterocycles. The van der Waals surface area contributed by atoms with Crippen LogP contribution in [0.3, 0.4) is 0 Å². The lowest BCUT2D eigenvalue weighted by atomic mass is 10.0. The third kappa shape index (κ3) is 3.84. The molecule has 3 heterocycles. The van der Waals surface area contributed by atoms with E-state index in [-0.39, 0.29) is 23.8 Å². The Morgan fingerprint density at radius 2 is 2.07 bits per heavy atom. The van der Waals surface area contributed by atoms with E-state index in [1.807, 2.05) is 13.0 Å². The van der Waals surface area contributed by atoms with E-state index in [4.69, 9.17) is 4.74 Å². The van der Waals surface area contributed by atoms with E-state index in [2.05, 4.69) is 15.0 Å². The summed E-state index contributed by atoms with van der Waals surface area (Å²) in [5.41, 5.74) is 0.732. The van der Waals surface area contributed by atoms with Crippen molar-refractivity contribution in [3.8, 4) is 5.88 Å². The van der Waals surface area contributed by atoms with Gasteiger partial charge >= 0.3 is 6.09 Å². The molecule has 1 atom stereocenters. The molecule has 1 fully saturated rings. The first-order chi connectivity index (χ1) is 14.5. The highest BCUT2D eigenvalue weighted by Gasteiger charge is 2.33. The minimum Gasteiger partial charge on any atom is -0.492 e. The SMILES string of the molecule is CCOC(=O)N1CCN([C@@H](c2cccc(F)c2)c2sc3nc(CC)nn3c2O)CC1. The molecule has 1 aliphatic rings. The summed E-state index contributed by atoms with van der Waals surface area (Å²) in [6.45, 7) is 6.18. The molecule has 3 aromatic rings. The Kier molecular flexibility index (Phi) is 5.87. The first-order valence-electron chi connectivity index (χ1n) is 10.00. The van der Waals surface area contributed by atoms with Crippen LogP contribution in [0.25, 0.3) is 4.96 Å². The maximum atomic E-state index is 14.0. The van der Waals surface area contributed by atoms with Crippen LogP contribution in [0.4, 0.5) is 9.18 Å². The Labute approximate surface area is 177 Å². The second-order valence-electron chi connectivity index (χ2n) is 7.05. The van der Waals surface area contributed by atoms with Crippen molar-refractivity contribution in [3.05, 3.63) is 46.3 Å². The number of hydrogen-bond acceptors (Lipinski definition) is 7. The molecular formula is C20H24FN5O3S. The zero-order valence-electron chi connectivity index (χ0n) is 16.9. The Balaban J connectivity index is 1.67. The summed E-state index contributed by atoms with van der Waals surface area (Å²) < 4.78 is 20.6. The summed E-state index contributed by atoms with van der Waals surface area (Å²) >= 11 is 1.35. The monoisotopic (exact) mass is 433 g/mol. The first-order valence-corrected chi connectivity index (χ1v) is 10.8. The second kappa shape index (κ2) is 8.57. The quantitative estimate of drug-likeness (QED) is 0.666. The fourth-order valence-corrected chi connectivity index (χ4v) is 4.84. The van der Waals surface area contributed by atoms with E-state index in [0.717, 1.165) is 5.56 Å². The van der Waals surface area contributed by atoms with Crippen molar-refractivity contribution in [3.63, 3.8) is 0 Å². The topological polar surface area (TPSA) is 83.2 Å². The minimum absolute atomic E-state index is 0.0179. The van der Waals surface area contributed by atoms with E-state index in [0.29, 0.717) is 54.9 Å². The molecule has 1 amide bonds. The number of hydrogen-bond donors (Lipinski definition) is 1. The molecule has 10 heteroatoms. The Morgan fingerprint density at radius 3 is 2.70 bits per heavy atom. The van der Waals surface area contributed by atoms with Gasteiger partial charge in [-0.15, -0.1) is 5.10 Å². The molecule has 1 saturated heterocycles. The van der Waals surface area contributed by atoms with Crippen molar-refractivity contribution in [2.45, 2.75) is 26.3 Å². The zero-order chi connectivity index (χ0) is 21.3. The minimum atomic E-state index is -0.372. The van der Waals surface area contributed by atoms with Crippen molar-refractivity contribution in [1.29, 1.82) is 0 Å². The van der Waals surface area contributed by atoms with Crippen LogP contribution in [0, 0.1) is 5.82 Å². The molecule has 30 heavy (non-hydrogen) atoms. The fraction of sp³-hybridized carbons (Fsp3) is 0.450. The van der Waals surface area contributed by atoms with Crippen molar-refractivity contribution >= 4 is 22.4 Å². The summed E-state index contributed by atoms with van der Waals surface area (Å²) in [5.74, 6) is 0.340. The predicted octanol–water partition coefficient (Wildman–Crippen LogP) is 3.06. The van der Waals surface area contributed by atoms with E-state index < -0.39 is 0 Å². The summed E-state index contributed by atoms with van der Waals surface area (Å²) in [4.78, 5) is 21.5. The third-order valence-electron chi connectivity index (χ3n) is 5.18. The van der Waals surface area contributed by atoms with Crippen LogP contribution in [0.1, 0.15) is 36.2 Å². The molecule has 0 saturated carbocycles. The highest BCUT2D eigenvalue weighted by atomic mass is 32.1. The molecule has 0 unspecified atom stereocenters. The molecule has 0 spiro atoms. The third-order valence-corrected chi connectivity index (χ3v) is 6.25. The van der Waals surface area contributed by atoms with E-state index in [1.165, 1.54) is 28.0 Å². The van der Waals surface area contributed by atoms with Crippen LogP contribution in [0.2, 0.25) is 0 Å². The molecule has 0 bridgehead atoms. The van der Waals surface area contributed by atoms with Gasteiger partial charge in [-0.25, -0.2) is 14.2 Å². The maximum absolute atomic E-state index is 14.0. The predicted molar refractivity (Wildman–Crippen MR) is 110 cm³/mol. The smallest absolute Gasteiger partial charge is 0.409 e. The number of benzene rings is 1. The van der Waals surface area contributed by atoms with Gasteiger partial charge in [-0.3, -0.25) is 4.90 Å². The Bertz CT molecular complexity index is 1040. The number of aryl methyl sites for hydroxylation is 1. The molecule has 1 N–H and O–H groups in total. The number of carbonyl (C=O) groups is 1. The van der Waals surface area contributed by atoms with Gasteiger partial charge in [0, 0.05) is 32.6 Å². The number of nitrogens with zero attached hydrogens (tertiary/aromatic N) is 5. The number of aromatic hydroxyl groups is 1. The van der Waals surface area contributed by atoms with Gasteiger partial charge in [0.15, 0.2) is 5.82 Å². The molecular weight excluding hydrogens is 409 g/mol. The molecule has 0 radical (unpaired) electrons. The lowest BCUT2D eigenvalue weighted by molar-refractivity contribution is 0.0715. The molecule has 8 nitrogen and oxygen atoms in total. The summed E-state index contributed by atoms with van der Waals surface area (Å²) in [7, 11) is 0. The average Bonchev–Trinajstić information content (AvgIpc) is 3.28. The highest BCUT2D eigenvalue weighted by Crippen LogP contribution is 2.40.